The minimum Gasteiger partial charge on any atom is -0.285 e. The van der Waals surface area contributed by atoms with Crippen LogP contribution in [0.3, 0.4) is 0 Å². The van der Waals surface area contributed by atoms with E-state index in [9.17, 15) is 0 Å². The molecule has 0 amide bonds. The van der Waals surface area contributed by atoms with Gasteiger partial charge >= 0.3 is 0 Å². The molecule has 0 atom stereocenters. The standard InChI is InChI=1S/C17H21N3/c1-17(2,3)16-13(11-18-20-16)9-10-14-5-4-6-15(19-14)12-7-8-12/h4-6,9-12H,7-8H2,1-3H3,(H,18,20)/b10-9+. The SMILES string of the molecule is CC(C)(C)c1n[nH]cc1/C=C/c1cccc(C2CC2)n1. The van der Waals surface area contributed by atoms with Gasteiger partial charge in [-0.3, -0.25) is 10.1 Å². The van der Waals surface area contributed by atoms with Crippen LogP contribution in [-0.2, 0) is 5.41 Å². The van der Waals surface area contributed by atoms with Gasteiger partial charge in [0.25, 0.3) is 0 Å². The van der Waals surface area contributed by atoms with Crippen LogP contribution < -0.4 is 0 Å². The minimum atomic E-state index is 0.0446. The number of H-pyrrole nitrogens is 1. The first-order valence-corrected chi connectivity index (χ1v) is 7.23. The molecule has 1 N–H and O–H groups in total. The second kappa shape index (κ2) is 4.89. The van der Waals surface area contributed by atoms with Gasteiger partial charge < -0.3 is 0 Å². The van der Waals surface area contributed by atoms with Crippen molar-refractivity contribution in [3.8, 4) is 0 Å². The molecule has 0 saturated heterocycles. The Balaban J connectivity index is 1.84. The summed E-state index contributed by atoms with van der Waals surface area (Å²) in [6.45, 7) is 6.52. The number of pyridine rings is 1. The van der Waals surface area contributed by atoms with Crippen LogP contribution in [0.4, 0.5) is 0 Å². The molecule has 1 fully saturated rings. The Morgan fingerprint density at radius 1 is 1.20 bits per heavy atom. The summed E-state index contributed by atoms with van der Waals surface area (Å²) in [6.07, 6.45) is 8.70. The first-order chi connectivity index (χ1) is 9.54. The van der Waals surface area contributed by atoms with Crippen molar-refractivity contribution in [3.63, 3.8) is 0 Å². The average molecular weight is 267 g/mol. The number of hydrogen-bond donors (Lipinski definition) is 1. The van der Waals surface area contributed by atoms with Gasteiger partial charge in [-0.25, -0.2) is 0 Å². The van der Waals surface area contributed by atoms with E-state index in [4.69, 9.17) is 4.98 Å². The third kappa shape index (κ3) is 2.82. The lowest BCUT2D eigenvalue weighted by Gasteiger charge is -2.15. The van der Waals surface area contributed by atoms with Crippen LogP contribution in [0.25, 0.3) is 12.2 Å². The summed E-state index contributed by atoms with van der Waals surface area (Å²) in [5.41, 5.74) is 4.53. The normalized spacial score (nSPS) is 15.9. The van der Waals surface area contributed by atoms with Crippen LogP contribution in [0, 0.1) is 0 Å². The number of nitrogens with one attached hydrogen (secondary N) is 1. The summed E-state index contributed by atoms with van der Waals surface area (Å²) >= 11 is 0. The first-order valence-electron chi connectivity index (χ1n) is 7.23. The number of rotatable bonds is 3. The molecule has 1 saturated carbocycles. The molecule has 0 unspecified atom stereocenters. The van der Waals surface area contributed by atoms with Crippen molar-refractivity contribution >= 4 is 12.2 Å². The van der Waals surface area contributed by atoms with Gasteiger partial charge in [0, 0.05) is 28.8 Å². The van der Waals surface area contributed by atoms with Gasteiger partial charge in [-0.05, 0) is 37.1 Å². The second-order valence-electron chi connectivity index (χ2n) is 6.53. The predicted octanol–water partition coefficient (Wildman–Crippen LogP) is 4.15. The lowest BCUT2D eigenvalue weighted by Crippen LogP contribution is -2.13. The van der Waals surface area contributed by atoms with Gasteiger partial charge in [0.05, 0.1) is 11.4 Å². The maximum atomic E-state index is 4.71. The molecule has 3 heteroatoms. The number of aromatic nitrogens is 3. The molecule has 2 heterocycles. The van der Waals surface area contributed by atoms with Gasteiger partial charge in [0.2, 0.25) is 0 Å². The summed E-state index contributed by atoms with van der Waals surface area (Å²) in [5.74, 6) is 0.697. The summed E-state index contributed by atoms with van der Waals surface area (Å²) < 4.78 is 0. The monoisotopic (exact) mass is 267 g/mol. The van der Waals surface area contributed by atoms with E-state index in [0.29, 0.717) is 5.92 Å². The van der Waals surface area contributed by atoms with Crippen LogP contribution in [0.1, 0.15) is 62.2 Å². The molecule has 1 aliphatic rings. The lowest BCUT2D eigenvalue weighted by molar-refractivity contribution is 0.566. The highest BCUT2D eigenvalue weighted by molar-refractivity contribution is 5.69. The molecule has 0 aliphatic heterocycles. The summed E-state index contributed by atoms with van der Waals surface area (Å²) in [6, 6.07) is 6.28. The number of aromatic amines is 1. The molecule has 2 aromatic rings. The number of nitrogens with zero attached hydrogens (tertiary/aromatic N) is 2. The second-order valence-corrected chi connectivity index (χ2v) is 6.53. The zero-order valence-corrected chi connectivity index (χ0v) is 12.4. The van der Waals surface area contributed by atoms with Gasteiger partial charge in [-0.1, -0.05) is 26.8 Å². The topological polar surface area (TPSA) is 41.6 Å². The largest absolute Gasteiger partial charge is 0.285 e. The molecule has 0 bridgehead atoms. The van der Waals surface area contributed by atoms with Crippen molar-refractivity contribution in [1.29, 1.82) is 0 Å². The predicted molar refractivity (Wildman–Crippen MR) is 82.4 cm³/mol. The highest BCUT2D eigenvalue weighted by atomic mass is 15.1. The molecule has 3 rings (SSSR count). The fraction of sp³-hybridized carbons (Fsp3) is 0.412. The smallest absolute Gasteiger partial charge is 0.0747 e. The van der Waals surface area contributed by atoms with Gasteiger partial charge in [-0.2, -0.15) is 5.10 Å². The van der Waals surface area contributed by atoms with Crippen molar-refractivity contribution < 1.29 is 0 Å². The quantitative estimate of drug-likeness (QED) is 0.907. The van der Waals surface area contributed by atoms with E-state index in [1.165, 1.54) is 18.5 Å². The molecule has 104 valence electrons. The fourth-order valence-corrected chi connectivity index (χ4v) is 2.37. The molecule has 0 aromatic carbocycles. The molecule has 2 aromatic heterocycles. The Morgan fingerprint density at radius 3 is 2.70 bits per heavy atom. The molecule has 3 nitrogen and oxygen atoms in total. The van der Waals surface area contributed by atoms with Crippen molar-refractivity contribution in [2.24, 2.45) is 0 Å². The highest BCUT2D eigenvalue weighted by Crippen LogP contribution is 2.38. The Hall–Kier alpha value is -1.90. The van der Waals surface area contributed by atoms with Gasteiger partial charge in [0.15, 0.2) is 0 Å². The maximum Gasteiger partial charge on any atom is 0.0747 e. The fourth-order valence-electron chi connectivity index (χ4n) is 2.37. The summed E-state index contributed by atoms with van der Waals surface area (Å²) in [5, 5.41) is 7.32. The Labute approximate surface area is 120 Å². The van der Waals surface area contributed by atoms with E-state index < -0.39 is 0 Å². The van der Waals surface area contributed by atoms with Crippen molar-refractivity contribution in [2.45, 2.75) is 44.9 Å². The zero-order valence-electron chi connectivity index (χ0n) is 12.4. The summed E-state index contributed by atoms with van der Waals surface area (Å²) in [7, 11) is 0. The molecule has 1 aliphatic carbocycles. The molecule has 20 heavy (non-hydrogen) atoms. The lowest BCUT2D eigenvalue weighted by atomic mass is 9.89. The highest BCUT2D eigenvalue weighted by Gasteiger charge is 2.24. The van der Waals surface area contributed by atoms with Crippen LogP contribution >= 0.6 is 0 Å². The first kappa shape index (κ1) is 13.1. The minimum absolute atomic E-state index is 0.0446. The number of hydrogen-bond acceptors (Lipinski definition) is 2. The Bertz CT molecular complexity index is 628. The van der Waals surface area contributed by atoms with Crippen molar-refractivity contribution in [1.82, 2.24) is 15.2 Å². The average Bonchev–Trinajstić information content (AvgIpc) is 3.14. The zero-order chi connectivity index (χ0) is 14.2. The molecule has 0 radical (unpaired) electrons. The van der Waals surface area contributed by atoms with Gasteiger partial charge in [-0.15, -0.1) is 0 Å². The van der Waals surface area contributed by atoms with E-state index in [2.05, 4.69) is 61.3 Å². The summed E-state index contributed by atoms with van der Waals surface area (Å²) in [4.78, 5) is 4.71. The Morgan fingerprint density at radius 2 is 2.00 bits per heavy atom. The molecular formula is C17H21N3. The van der Waals surface area contributed by atoms with Crippen molar-refractivity contribution in [2.75, 3.05) is 0 Å². The van der Waals surface area contributed by atoms with Gasteiger partial charge in [0.1, 0.15) is 0 Å². The third-order valence-corrected chi connectivity index (χ3v) is 3.60. The van der Waals surface area contributed by atoms with Crippen LogP contribution in [-0.4, -0.2) is 15.2 Å². The maximum absolute atomic E-state index is 4.71. The molecule has 0 spiro atoms. The Kier molecular flexibility index (Phi) is 3.20. The van der Waals surface area contributed by atoms with E-state index in [1.54, 1.807) is 0 Å². The van der Waals surface area contributed by atoms with E-state index in [0.717, 1.165) is 17.0 Å². The van der Waals surface area contributed by atoms with Crippen molar-refractivity contribution in [3.05, 3.63) is 47.0 Å². The van der Waals surface area contributed by atoms with Crippen LogP contribution in [0.15, 0.2) is 24.4 Å². The molecular weight excluding hydrogens is 246 g/mol. The van der Waals surface area contributed by atoms with Crippen LogP contribution in [0.5, 0.6) is 0 Å². The van der Waals surface area contributed by atoms with Crippen LogP contribution in [0.2, 0.25) is 0 Å². The van der Waals surface area contributed by atoms with E-state index >= 15 is 0 Å². The van der Waals surface area contributed by atoms with E-state index in [1.807, 2.05) is 6.20 Å². The van der Waals surface area contributed by atoms with E-state index in [-0.39, 0.29) is 5.41 Å². The third-order valence-electron chi connectivity index (χ3n) is 3.60.